The molecule has 0 amide bonds. The van der Waals surface area contributed by atoms with Gasteiger partial charge in [0, 0.05) is 17.6 Å². The average molecular weight is 350 g/mol. The van der Waals surface area contributed by atoms with Crippen molar-refractivity contribution in [1.29, 1.82) is 0 Å². The van der Waals surface area contributed by atoms with Crippen molar-refractivity contribution in [1.82, 2.24) is 5.32 Å². The number of hydrogen-bond donors (Lipinski definition) is 1. The molecule has 1 aliphatic heterocycles. The molecule has 8 heteroatoms. The van der Waals surface area contributed by atoms with Gasteiger partial charge in [0.15, 0.2) is 19.7 Å². The summed E-state index contributed by atoms with van der Waals surface area (Å²) in [6.07, 6.45) is 1.57. The first-order valence-electron chi connectivity index (χ1n) is 6.30. The monoisotopic (exact) mass is 349 g/mol. The minimum atomic E-state index is -3.74. The highest BCUT2D eigenvalue weighted by molar-refractivity contribution is 7.96. The van der Waals surface area contributed by atoms with E-state index in [1.165, 1.54) is 24.3 Å². The molecule has 1 aromatic rings. The van der Waals surface area contributed by atoms with Crippen LogP contribution in [0.5, 0.6) is 0 Å². The third kappa shape index (κ3) is 3.66. The molecule has 1 heterocycles. The van der Waals surface area contributed by atoms with E-state index in [0.29, 0.717) is 11.6 Å². The predicted molar refractivity (Wildman–Crippen MR) is 83.1 cm³/mol. The van der Waals surface area contributed by atoms with E-state index >= 15 is 0 Å². The molecule has 1 aliphatic rings. The minimum Gasteiger partial charge on any atom is -0.308 e. The van der Waals surface area contributed by atoms with Gasteiger partial charge >= 0.3 is 0 Å². The summed E-state index contributed by atoms with van der Waals surface area (Å²) >= 11 is 5.75. The molecular formula is C13H16ClNO4S2. The summed E-state index contributed by atoms with van der Waals surface area (Å²) in [4.78, 5) is 0.0828. The van der Waals surface area contributed by atoms with Crippen LogP contribution in [0.4, 0.5) is 0 Å². The average Bonchev–Trinajstić information content (AvgIpc) is 2.73. The number of halogens is 1. The van der Waals surface area contributed by atoms with E-state index in [2.05, 4.69) is 11.9 Å². The lowest BCUT2D eigenvalue weighted by Gasteiger charge is -2.19. The quantitative estimate of drug-likeness (QED) is 0.804. The molecular weight excluding hydrogens is 334 g/mol. The summed E-state index contributed by atoms with van der Waals surface area (Å²) in [5.41, 5.74) is 0. The molecule has 2 rings (SSSR count). The van der Waals surface area contributed by atoms with Crippen molar-refractivity contribution in [3.63, 3.8) is 0 Å². The largest absolute Gasteiger partial charge is 0.308 e. The van der Waals surface area contributed by atoms with E-state index in [1.54, 1.807) is 6.08 Å². The molecule has 0 saturated carbocycles. The molecule has 0 aliphatic carbocycles. The maximum absolute atomic E-state index is 12.6. The maximum Gasteiger partial charge on any atom is 0.183 e. The van der Waals surface area contributed by atoms with E-state index in [1.807, 2.05) is 0 Å². The lowest BCUT2D eigenvalue weighted by atomic mass is 10.2. The van der Waals surface area contributed by atoms with Crippen LogP contribution >= 0.6 is 11.6 Å². The minimum absolute atomic E-state index is 0.0828. The SMILES string of the molecule is C=CCN[C@@H]1CS(=O)(=O)C[C@H]1S(=O)(=O)c1ccc(Cl)cc1. The van der Waals surface area contributed by atoms with Gasteiger partial charge in [-0.05, 0) is 24.3 Å². The first kappa shape index (κ1) is 16.5. The fraction of sp³-hybridized carbons (Fsp3) is 0.385. The zero-order valence-corrected chi connectivity index (χ0v) is 13.6. The zero-order chi connectivity index (χ0) is 15.7. The molecule has 0 aromatic heterocycles. The van der Waals surface area contributed by atoms with Crippen molar-refractivity contribution in [2.45, 2.75) is 16.2 Å². The topological polar surface area (TPSA) is 80.3 Å². The van der Waals surface area contributed by atoms with Gasteiger partial charge in [-0.25, -0.2) is 16.8 Å². The van der Waals surface area contributed by atoms with Crippen LogP contribution in [-0.2, 0) is 19.7 Å². The Balaban J connectivity index is 2.36. The molecule has 116 valence electrons. The Morgan fingerprint density at radius 2 is 1.90 bits per heavy atom. The van der Waals surface area contributed by atoms with Gasteiger partial charge in [0.25, 0.3) is 0 Å². The Morgan fingerprint density at radius 3 is 2.48 bits per heavy atom. The van der Waals surface area contributed by atoms with E-state index in [4.69, 9.17) is 11.6 Å². The van der Waals surface area contributed by atoms with E-state index in [-0.39, 0.29) is 16.4 Å². The number of hydrogen-bond acceptors (Lipinski definition) is 5. The van der Waals surface area contributed by atoms with Gasteiger partial charge in [-0.15, -0.1) is 6.58 Å². The molecule has 1 N–H and O–H groups in total. The molecule has 0 spiro atoms. The Labute approximate surface area is 129 Å². The molecule has 21 heavy (non-hydrogen) atoms. The number of nitrogens with one attached hydrogen (secondary N) is 1. The van der Waals surface area contributed by atoms with E-state index < -0.39 is 31.0 Å². The summed E-state index contributed by atoms with van der Waals surface area (Å²) in [6.45, 7) is 3.89. The third-order valence-electron chi connectivity index (χ3n) is 3.37. The molecule has 1 fully saturated rings. The molecule has 5 nitrogen and oxygen atoms in total. The van der Waals surface area contributed by atoms with Crippen molar-refractivity contribution in [3.05, 3.63) is 41.9 Å². The van der Waals surface area contributed by atoms with Crippen molar-refractivity contribution in [2.75, 3.05) is 18.1 Å². The van der Waals surface area contributed by atoms with Gasteiger partial charge in [-0.3, -0.25) is 0 Å². The van der Waals surface area contributed by atoms with Crippen LogP contribution in [0.2, 0.25) is 5.02 Å². The van der Waals surface area contributed by atoms with Gasteiger partial charge in [-0.2, -0.15) is 0 Å². The fourth-order valence-corrected chi connectivity index (χ4v) is 7.19. The van der Waals surface area contributed by atoms with Crippen LogP contribution in [0.3, 0.4) is 0 Å². The summed E-state index contributed by atoms with van der Waals surface area (Å²) in [6, 6.07) is 5.11. The van der Waals surface area contributed by atoms with Crippen molar-refractivity contribution in [2.24, 2.45) is 0 Å². The summed E-state index contributed by atoms with van der Waals surface area (Å²) in [7, 11) is -7.12. The number of benzene rings is 1. The second-order valence-electron chi connectivity index (χ2n) is 4.92. The van der Waals surface area contributed by atoms with Crippen molar-refractivity contribution in [3.8, 4) is 0 Å². The molecule has 1 saturated heterocycles. The van der Waals surface area contributed by atoms with Crippen LogP contribution in [0, 0.1) is 0 Å². The molecule has 1 aromatic carbocycles. The Bertz CT molecular complexity index is 726. The highest BCUT2D eigenvalue weighted by atomic mass is 35.5. The predicted octanol–water partition coefficient (Wildman–Crippen LogP) is 1.05. The summed E-state index contributed by atoms with van der Waals surface area (Å²) in [5, 5.41) is 2.35. The van der Waals surface area contributed by atoms with Gasteiger partial charge in [0.2, 0.25) is 0 Å². The van der Waals surface area contributed by atoms with Crippen LogP contribution < -0.4 is 5.32 Å². The van der Waals surface area contributed by atoms with Gasteiger partial charge in [-0.1, -0.05) is 17.7 Å². The lowest BCUT2D eigenvalue weighted by Crippen LogP contribution is -2.43. The second kappa shape index (κ2) is 6.08. The number of rotatable bonds is 5. The van der Waals surface area contributed by atoms with Crippen molar-refractivity contribution >= 4 is 31.3 Å². The maximum atomic E-state index is 12.6. The van der Waals surface area contributed by atoms with Crippen LogP contribution in [-0.4, -0.2) is 46.2 Å². The lowest BCUT2D eigenvalue weighted by molar-refractivity contribution is 0.544. The molecule has 0 bridgehead atoms. The number of sulfone groups is 2. The summed E-state index contributed by atoms with van der Waals surface area (Å²) < 4.78 is 48.9. The van der Waals surface area contributed by atoms with Gasteiger partial charge in [0.1, 0.15) is 0 Å². The van der Waals surface area contributed by atoms with Crippen molar-refractivity contribution < 1.29 is 16.8 Å². The molecule has 2 atom stereocenters. The standard InChI is InChI=1S/C13H16ClNO4S2/c1-2-7-15-12-8-20(16,17)9-13(12)21(18,19)11-5-3-10(14)4-6-11/h2-6,12-13,15H,1,7-9H2/t12-,13-/m1/s1. The van der Waals surface area contributed by atoms with Gasteiger partial charge < -0.3 is 5.32 Å². The highest BCUT2D eigenvalue weighted by Crippen LogP contribution is 2.26. The highest BCUT2D eigenvalue weighted by Gasteiger charge is 2.45. The zero-order valence-electron chi connectivity index (χ0n) is 11.2. The smallest absolute Gasteiger partial charge is 0.183 e. The normalized spacial score (nSPS) is 24.8. The first-order valence-corrected chi connectivity index (χ1v) is 10.0. The molecule has 0 radical (unpaired) electrons. The Morgan fingerprint density at radius 1 is 1.29 bits per heavy atom. The van der Waals surface area contributed by atoms with Crippen LogP contribution in [0.15, 0.2) is 41.8 Å². The van der Waals surface area contributed by atoms with Crippen LogP contribution in [0.1, 0.15) is 0 Å². The fourth-order valence-electron chi connectivity index (χ4n) is 2.35. The van der Waals surface area contributed by atoms with Crippen LogP contribution in [0.25, 0.3) is 0 Å². The summed E-state index contributed by atoms with van der Waals surface area (Å²) in [5.74, 6) is -0.551. The first-order chi connectivity index (χ1) is 9.76. The second-order valence-corrected chi connectivity index (χ2v) is 9.67. The third-order valence-corrected chi connectivity index (χ3v) is 7.78. The molecule has 0 unspecified atom stereocenters. The van der Waals surface area contributed by atoms with E-state index in [9.17, 15) is 16.8 Å². The van der Waals surface area contributed by atoms with Gasteiger partial charge in [0.05, 0.1) is 21.7 Å². The van der Waals surface area contributed by atoms with E-state index in [0.717, 1.165) is 0 Å². The Kier molecular flexibility index (Phi) is 4.77. The Hall–Kier alpha value is -0.890.